The van der Waals surface area contributed by atoms with Crippen molar-refractivity contribution in [1.82, 2.24) is 19.8 Å². The van der Waals surface area contributed by atoms with Crippen molar-refractivity contribution >= 4 is 17.5 Å². The molecule has 0 amide bonds. The minimum Gasteiger partial charge on any atom is -0.292 e. The molecule has 2 aromatic carbocycles. The zero-order chi connectivity index (χ0) is 20.7. The van der Waals surface area contributed by atoms with Crippen LogP contribution >= 0.6 is 0 Å². The Hall–Kier alpha value is -3.67. The molecule has 0 radical (unpaired) electrons. The summed E-state index contributed by atoms with van der Waals surface area (Å²) >= 11 is 0. The number of allylic oxidation sites excluding steroid dienone is 1. The number of rotatable bonds is 3. The first-order valence-electron chi connectivity index (χ1n) is 9.87. The zero-order valence-corrected chi connectivity index (χ0v) is 16.4. The molecule has 1 aliphatic carbocycles. The molecular weight excluding hydrogens is 379 g/mol. The van der Waals surface area contributed by atoms with E-state index in [1.54, 1.807) is 16.6 Å². The number of hydrogen-bond acceptors (Lipinski definition) is 4. The highest BCUT2D eigenvalue weighted by Crippen LogP contribution is 2.31. The van der Waals surface area contributed by atoms with Gasteiger partial charge in [0, 0.05) is 6.42 Å². The Balaban J connectivity index is 1.56. The van der Waals surface area contributed by atoms with E-state index in [-0.39, 0.29) is 17.5 Å². The van der Waals surface area contributed by atoms with Crippen molar-refractivity contribution in [2.45, 2.75) is 19.8 Å². The monoisotopic (exact) mass is 398 g/mol. The number of halogens is 1. The predicted octanol–water partition coefficient (Wildman–Crippen LogP) is 4.70. The van der Waals surface area contributed by atoms with Gasteiger partial charge in [0.1, 0.15) is 5.82 Å². The average molecular weight is 398 g/mol. The predicted molar refractivity (Wildman–Crippen MR) is 113 cm³/mol. The minimum absolute atomic E-state index is 0.0233. The van der Waals surface area contributed by atoms with Crippen LogP contribution < -0.4 is 0 Å². The van der Waals surface area contributed by atoms with Crippen LogP contribution in [-0.2, 0) is 6.42 Å². The first-order valence-corrected chi connectivity index (χ1v) is 9.87. The molecule has 2 aromatic heterocycles. The topological polar surface area (TPSA) is 60.1 Å². The van der Waals surface area contributed by atoms with Crippen LogP contribution in [0.1, 0.15) is 33.9 Å². The summed E-state index contributed by atoms with van der Waals surface area (Å²) in [6.45, 7) is 1.89. The highest BCUT2D eigenvalue weighted by molar-refractivity contribution is 5.97. The summed E-state index contributed by atoms with van der Waals surface area (Å²) < 4.78 is 15.1. The van der Waals surface area contributed by atoms with Gasteiger partial charge in [-0.15, -0.1) is 10.2 Å². The first kappa shape index (κ1) is 18.4. The molecule has 1 unspecified atom stereocenters. The number of carbonyl (C=O) groups is 1. The third-order valence-corrected chi connectivity index (χ3v) is 5.47. The number of aromatic nitrogens is 4. The number of hydrogen-bond donors (Lipinski definition) is 0. The van der Waals surface area contributed by atoms with Crippen LogP contribution in [0.3, 0.4) is 0 Å². The lowest BCUT2D eigenvalue weighted by molar-refractivity contribution is 0.0950. The molecule has 0 fully saturated rings. The highest BCUT2D eigenvalue weighted by Gasteiger charge is 2.29. The maximum atomic E-state index is 13.4. The van der Waals surface area contributed by atoms with Gasteiger partial charge in [-0.1, -0.05) is 54.6 Å². The number of nitrogens with zero attached hydrogens (tertiary/aromatic N) is 4. The highest BCUT2D eigenvalue weighted by atomic mass is 19.1. The van der Waals surface area contributed by atoms with E-state index in [0.29, 0.717) is 24.2 Å². The molecular formula is C24H19FN4O. The van der Waals surface area contributed by atoms with Crippen molar-refractivity contribution in [3.05, 3.63) is 89.1 Å². The van der Waals surface area contributed by atoms with E-state index in [0.717, 1.165) is 28.1 Å². The van der Waals surface area contributed by atoms with Crippen LogP contribution in [0.25, 0.3) is 22.9 Å². The van der Waals surface area contributed by atoms with Crippen LogP contribution in [0.2, 0.25) is 0 Å². The molecule has 6 heteroatoms. The molecule has 0 saturated carbocycles. The second-order valence-electron chi connectivity index (χ2n) is 7.56. The fourth-order valence-corrected chi connectivity index (χ4v) is 4.01. The second kappa shape index (κ2) is 7.30. The van der Waals surface area contributed by atoms with Gasteiger partial charge in [0.2, 0.25) is 0 Å². The summed E-state index contributed by atoms with van der Waals surface area (Å²) in [5.74, 6) is -0.254. The third-order valence-electron chi connectivity index (χ3n) is 5.47. The number of benzene rings is 2. The molecule has 5 rings (SSSR count). The van der Waals surface area contributed by atoms with Gasteiger partial charge >= 0.3 is 0 Å². The Morgan fingerprint density at radius 1 is 1.03 bits per heavy atom. The van der Waals surface area contributed by atoms with Crippen molar-refractivity contribution in [3.8, 4) is 11.1 Å². The Kier molecular flexibility index (Phi) is 4.47. The molecule has 5 nitrogen and oxygen atoms in total. The summed E-state index contributed by atoms with van der Waals surface area (Å²) in [6, 6.07) is 16.3. The Labute approximate surface area is 172 Å². The Morgan fingerprint density at radius 2 is 1.80 bits per heavy atom. The summed E-state index contributed by atoms with van der Waals surface area (Å²) in [6.07, 6.45) is 5.19. The van der Waals surface area contributed by atoms with E-state index in [4.69, 9.17) is 0 Å². The lowest BCUT2D eigenvalue weighted by Gasteiger charge is -2.20. The van der Waals surface area contributed by atoms with E-state index in [1.807, 2.05) is 43.3 Å². The standard InChI is InChI=1S/C24H19FN4O/c1-15-22(18-9-11-19(25)12-10-18)24-27-26-23-20(29(24)28-15)13-17(14-21(23)30)8-7-16-5-3-2-4-6-16/h2-12,17H,13-14H2,1H3/b8-7+. The summed E-state index contributed by atoms with van der Waals surface area (Å²) in [7, 11) is 0. The van der Waals surface area contributed by atoms with E-state index in [1.165, 1.54) is 12.1 Å². The molecule has 0 bridgehead atoms. The van der Waals surface area contributed by atoms with Crippen molar-refractivity contribution < 1.29 is 9.18 Å². The summed E-state index contributed by atoms with van der Waals surface area (Å²) in [5.41, 5.74) is 5.23. The van der Waals surface area contributed by atoms with Crippen molar-refractivity contribution in [2.75, 3.05) is 0 Å². The van der Waals surface area contributed by atoms with Crippen LogP contribution in [0.4, 0.5) is 4.39 Å². The second-order valence-corrected chi connectivity index (χ2v) is 7.56. The van der Waals surface area contributed by atoms with Crippen LogP contribution in [0, 0.1) is 18.7 Å². The van der Waals surface area contributed by atoms with Gasteiger partial charge in [0.15, 0.2) is 17.1 Å². The minimum atomic E-state index is -0.296. The maximum absolute atomic E-state index is 13.4. The SMILES string of the molecule is Cc1nn2c3c(nnc2c1-c1ccc(F)cc1)C(=O)CC(/C=C/c1ccccc1)C3. The molecule has 0 N–H and O–H groups in total. The van der Waals surface area contributed by atoms with Crippen LogP contribution in [-0.4, -0.2) is 25.6 Å². The van der Waals surface area contributed by atoms with Gasteiger partial charge in [-0.3, -0.25) is 4.79 Å². The number of Topliss-reactive ketones (excluding diaryl/α,β-unsaturated/α-hetero) is 1. The lowest BCUT2D eigenvalue weighted by atomic mass is 9.88. The van der Waals surface area contributed by atoms with Crippen molar-refractivity contribution in [3.63, 3.8) is 0 Å². The van der Waals surface area contributed by atoms with Gasteiger partial charge in [-0.25, -0.2) is 8.91 Å². The van der Waals surface area contributed by atoms with E-state index in [2.05, 4.69) is 21.4 Å². The molecule has 2 heterocycles. The summed E-state index contributed by atoms with van der Waals surface area (Å²) in [4.78, 5) is 12.7. The number of carbonyl (C=O) groups excluding carboxylic acids is 1. The van der Waals surface area contributed by atoms with Crippen molar-refractivity contribution in [1.29, 1.82) is 0 Å². The molecule has 0 spiro atoms. The molecule has 4 aromatic rings. The van der Waals surface area contributed by atoms with E-state index >= 15 is 0 Å². The Bertz CT molecular complexity index is 1280. The molecule has 0 aliphatic heterocycles. The van der Waals surface area contributed by atoms with Crippen LogP contribution in [0.15, 0.2) is 60.7 Å². The molecule has 0 saturated heterocycles. The fourth-order valence-electron chi connectivity index (χ4n) is 4.01. The average Bonchev–Trinajstić information content (AvgIpc) is 3.10. The third kappa shape index (κ3) is 3.20. The van der Waals surface area contributed by atoms with Gasteiger partial charge in [0.25, 0.3) is 0 Å². The Morgan fingerprint density at radius 3 is 2.57 bits per heavy atom. The molecule has 1 atom stereocenters. The number of aryl methyl sites for hydroxylation is 1. The number of fused-ring (bicyclic) bond motifs is 3. The quantitative estimate of drug-likeness (QED) is 0.502. The molecule has 1 aliphatic rings. The van der Waals surface area contributed by atoms with Crippen LogP contribution in [0.5, 0.6) is 0 Å². The van der Waals surface area contributed by atoms with E-state index in [9.17, 15) is 9.18 Å². The largest absolute Gasteiger partial charge is 0.292 e. The smallest absolute Gasteiger partial charge is 0.185 e. The maximum Gasteiger partial charge on any atom is 0.185 e. The summed E-state index contributed by atoms with van der Waals surface area (Å²) in [5, 5.41) is 13.2. The fraction of sp³-hybridized carbons (Fsp3) is 0.167. The lowest BCUT2D eigenvalue weighted by Crippen LogP contribution is -2.24. The molecule has 30 heavy (non-hydrogen) atoms. The van der Waals surface area contributed by atoms with Gasteiger partial charge < -0.3 is 0 Å². The van der Waals surface area contributed by atoms with E-state index < -0.39 is 0 Å². The normalized spacial score (nSPS) is 16.3. The van der Waals surface area contributed by atoms with Crippen molar-refractivity contribution in [2.24, 2.45) is 5.92 Å². The molecule has 148 valence electrons. The van der Waals surface area contributed by atoms with Gasteiger partial charge in [-0.2, -0.15) is 5.10 Å². The zero-order valence-electron chi connectivity index (χ0n) is 16.4. The first-order chi connectivity index (χ1) is 14.6. The van der Waals surface area contributed by atoms with Gasteiger partial charge in [0.05, 0.1) is 17.0 Å². The van der Waals surface area contributed by atoms with Gasteiger partial charge in [-0.05, 0) is 42.5 Å². The number of ketones is 1.